The number of benzene rings is 1. The number of rotatable bonds is 4. The number of nitrogens with zero attached hydrogens (tertiary/aromatic N) is 2. The van der Waals surface area contributed by atoms with Crippen LogP contribution in [0.3, 0.4) is 0 Å². The minimum Gasteiger partial charge on any atom is -0.345 e. The maximum atomic E-state index is 12.2. The van der Waals surface area contributed by atoms with Crippen LogP contribution >= 0.6 is 11.3 Å². The van der Waals surface area contributed by atoms with E-state index in [1.165, 1.54) is 17.7 Å². The molecule has 0 unspecified atom stereocenters. The van der Waals surface area contributed by atoms with E-state index in [0.29, 0.717) is 5.52 Å². The minimum absolute atomic E-state index is 0.196. The van der Waals surface area contributed by atoms with Gasteiger partial charge < -0.3 is 4.98 Å². The van der Waals surface area contributed by atoms with Crippen molar-refractivity contribution >= 4 is 32.4 Å². The summed E-state index contributed by atoms with van der Waals surface area (Å²) in [6.45, 7) is 2.07. The highest BCUT2D eigenvalue weighted by molar-refractivity contribution is 7.89. The molecule has 0 aliphatic heterocycles. The lowest BCUT2D eigenvalue weighted by atomic mass is 10.3. The molecule has 0 aliphatic carbocycles. The summed E-state index contributed by atoms with van der Waals surface area (Å²) in [5, 5.41) is 2.63. The first-order valence-electron chi connectivity index (χ1n) is 5.88. The molecule has 3 aromatic rings. The van der Waals surface area contributed by atoms with Crippen LogP contribution in [0.4, 0.5) is 0 Å². The predicted molar refractivity (Wildman–Crippen MR) is 77.0 cm³/mol. The molecule has 2 heterocycles. The Morgan fingerprint density at radius 1 is 1.40 bits per heavy atom. The van der Waals surface area contributed by atoms with Gasteiger partial charge in [0.05, 0.1) is 28.8 Å². The summed E-state index contributed by atoms with van der Waals surface area (Å²) in [5.74, 6) is 0. The Kier molecular flexibility index (Phi) is 3.28. The van der Waals surface area contributed by atoms with E-state index in [4.69, 9.17) is 0 Å². The standard InChI is InChI=1S/C12H12N4O2S2/c1-8-6-19-12(16-8)5-15-20(17,18)9-2-3-10-11(4-9)14-7-13-10/h2-4,6-7,15H,5H2,1H3,(H,13,14). The van der Waals surface area contributed by atoms with Gasteiger partial charge in [0.2, 0.25) is 10.0 Å². The molecule has 0 aliphatic rings. The molecule has 6 nitrogen and oxygen atoms in total. The lowest BCUT2D eigenvalue weighted by Crippen LogP contribution is -2.23. The lowest BCUT2D eigenvalue weighted by molar-refractivity contribution is 0.581. The van der Waals surface area contributed by atoms with Crippen LogP contribution < -0.4 is 4.72 Å². The molecular weight excluding hydrogens is 296 g/mol. The van der Waals surface area contributed by atoms with Crippen LogP contribution in [0.1, 0.15) is 10.7 Å². The number of aromatic amines is 1. The molecule has 104 valence electrons. The molecule has 0 amide bonds. The summed E-state index contributed by atoms with van der Waals surface area (Å²) >= 11 is 1.44. The van der Waals surface area contributed by atoms with Crippen LogP contribution in [0, 0.1) is 6.92 Å². The van der Waals surface area contributed by atoms with Crippen LogP contribution in [-0.4, -0.2) is 23.4 Å². The van der Waals surface area contributed by atoms with Crippen LogP contribution in [0.15, 0.2) is 34.8 Å². The first-order chi connectivity index (χ1) is 9.54. The Balaban J connectivity index is 1.83. The number of nitrogens with one attached hydrogen (secondary N) is 2. The fourth-order valence-electron chi connectivity index (χ4n) is 1.81. The highest BCUT2D eigenvalue weighted by Crippen LogP contribution is 2.16. The van der Waals surface area contributed by atoms with Crippen molar-refractivity contribution in [3.05, 3.63) is 40.6 Å². The molecule has 0 spiro atoms. The van der Waals surface area contributed by atoms with Crippen molar-refractivity contribution in [3.63, 3.8) is 0 Å². The molecule has 0 fully saturated rings. The number of H-pyrrole nitrogens is 1. The summed E-state index contributed by atoms with van der Waals surface area (Å²) in [6, 6.07) is 4.78. The highest BCUT2D eigenvalue weighted by Gasteiger charge is 2.15. The van der Waals surface area contributed by atoms with Crippen LogP contribution in [0.25, 0.3) is 11.0 Å². The molecule has 0 saturated carbocycles. The van der Waals surface area contributed by atoms with Crippen molar-refractivity contribution in [3.8, 4) is 0 Å². The van der Waals surface area contributed by atoms with E-state index < -0.39 is 10.0 Å². The number of hydrogen-bond acceptors (Lipinski definition) is 5. The summed E-state index contributed by atoms with van der Waals surface area (Å²) in [6.07, 6.45) is 1.53. The first kappa shape index (κ1) is 13.2. The van der Waals surface area contributed by atoms with Crippen LogP contribution in [0.2, 0.25) is 0 Å². The van der Waals surface area contributed by atoms with Gasteiger partial charge in [-0.25, -0.2) is 23.1 Å². The predicted octanol–water partition coefficient (Wildman–Crippen LogP) is 1.81. The van der Waals surface area contributed by atoms with Gasteiger partial charge in [0, 0.05) is 11.1 Å². The maximum Gasteiger partial charge on any atom is 0.241 e. The van der Waals surface area contributed by atoms with Gasteiger partial charge in [-0.3, -0.25) is 0 Å². The fourth-order valence-corrected chi connectivity index (χ4v) is 3.62. The van der Waals surface area contributed by atoms with Gasteiger partial charge in [0.25, 0.3) is 0 Å². The van der Waals surface area contributed by atoms with E-state index in [9.17, 15) is 8.42 Å². The van der Waals surface area contributed by atoms with E-state index in [1.54, 1.807) is 18.2 Å². The molecule has 2 aromatic heterocycles. The molecule has 1 aromatic carbocycles. The summed E-state index contributed by atoms with van der Waals surface area (Å²) in [5.41, 5.74) is 2.32. The van der Waals surface area contributed by atoms with Gasteiger partial charge in [-0.15, -0.1) is 11.3 Å². The zero-order valence-corrected chi connectivity index (χ0v) is 12.3. The summed E-state index contributed by atoms with van der Waals surface area (Å²) in [4.78, 5) is 11.4. The maximum absolute atomic E-state index is 12.2. The second-order valence-electron chi connectivity index (χ2n) is 4.29. The minimum atomic E-state index is -3.55. The number of imidazole rings is 1. The van der Waals surface area contributed by atoms with Crippen molar-refractivity contribution in [2.45, 2.75) is 18.4 Å². The lowest BCUT2D eigenvalue weighted by Gasteiger charge is -2.05. The van der Waals surface area contributed by atoms with Gasteiger partial charge in [-0.05, 0) is 25.1 Å². The van der Waals surface area contributed by atoms with Gasteiger partial charge >= 0.3 is 0 Å². The van der Waals surface area contributed by atoms with E-state index in [2.05, 4.69) is 19.7 Å². The third-order valence-corrected chi connectivity index (χ3v) is 5.15. The van der Waals surface area contributed by atoms with Crippen molar-refractivity contribution in [2.24, 2.45) is 0 Å². The molecule has 0 saturated heterocycles. The third-order valence-electron chi connectivity index (χ3n) is 2.78. The van der Waals surface area contributed by atoms with Crippen LogP contribution in [0.5, 0.6) is 0 Å². The second-order valence-corrected chi connectivity index (χ2v) is 7.00. The zero-order chi connectivity index (χ0) is 14.2. The van der Waals surface area contributed by atoms with Crippen molar-refractivity contribution in [1.82, 2.24) is 19.7 Å². The number of hydrogen-bond donors (Lipinski definition) is 2. The van der Waals surface area contributed by atoms with E-state index >= 15 is 0 Å². The summed E-state index contributed by atoms with van der Waals surface area (Å²) < 4.78 is 27.0. The Labute approximate surface area is 119 Å². The van der Waals surface area contributed by atoms with E-state index in [-0.39, 0.29) is 11.4 Å². The Morgan fingerprint density at radius 2 is 2.25 bits per heavy atom. The molecule has 8 heteroatoms. The Hall–Kier alpha value is -1.77. The highest BCUT2D eigenvalue weighted by atomic mass is 32.2. The molecule has 3 rings (SSSR count). The van der Waals surface area contributed by atoms with Gasteiger partial charge in [-0.1, -0.05) is 0 Å². The zero-order valence-electron chi connectivity index (χ0n) is 10.6. The van der Waals surface area contributed by atoms with Crippen LogP contribution in [-0.2, 0) is 16.6 Å². The summed E-state index contributed by atoms with van der Waals surface area (Å²) in [7, 11) is -3.55. The van der Waals surface area contributed by atoms with Crippen molar-refractivity contribution in [1.29, 1.82) is 0 Å². The average Bonchev–Trinajstić information content (AvgIpc) is 3.04. The van der Waals surface area contributed by atoms with Gasteiger partial charge in [0.1, 0.15) is 5.01 Å². The van der Waals surface area contributed by atoms with E-state index in [1.807, 2.05) is 12.3 Å². The number of aryl methyl sites for hydroxylation is 1. The number of aromatic nitrogens is 3. The molecule has 0 atom stereocenters. The Morgan fingerprint density at radius 3 is 3.00 bits per heavy atom. The van der Waals surface area contributed by atoms with E-state index in [0.717, 1.165) is 16.2 Å². The van der Waals surface area contributed by atoms with Crippen molar-refractivity contribution < 1.29 is 8.42 Å². The van der Waals surface area contributed by atoms with Crippen molar-refractivity contribution in [2.75, 3.05) is 0 Å². The van der Waals surface area contributed by atoms with Gasteiger partial charge in [0.15, 0.2) is 0 Å². The smallest absolute Gasteiger partial charge is 0.241 e. The first-order valence-corrected chi connectivity index (χ1v) is 8.25. The second kappa shape index (κ2) is 4.97. The molecule has 0 bridgehead atoms. The number of thiazole rings is 1. The topological polar surface area (TPSA) is 87.7 Å². The van der Waals surface area contributed by atoms with Gasteiger partial charge in [-0.2, -0.15) is 0 Å². The molecule has 0 radical (unpaired) electrons. The Bertz CT molecular complexity index is 851. The largest absolute Gasteiger partial charge is 0.345 e. The third kappa shape index (κ3) is 2.58. The molecule has 20 heavy (non-hydrogen) atoms. The fraction of sp³-hybridized carbons (Fsp3) is 0.167. The number of fused-ring (bicyclic) bond motifs is 1. The SMILES string of the molecule is Cc1csc(CNS(=O)(=O)c2ccc3nc[nH]c3c2)n1. The molecular formula is C12H12N4O2S2. The normalized spacial score (nSPS) is 12.1. The number of sulfonamides is 1. The molecule has 2 N–H and O–H groups in total. The monoisotopic (exact) mass is 308 g/mol. The quantitative estimate of drug-likeness (QED) is 0.769. The average molecular weight is 308 g/mol.